The Morgan fingerprint density at radius 3 is 2.03 bits per heavy atom. The van der Waals surface area contributed by atoms with Gasteiger partial charge in [0.15, 0.2) is 0 Å². The number of amides is 2. The number of carbonyl (C=O) groups is 2. The predicted molar refractivity (Wildman–Crippen MR) is 119 cm³/mol. The van der Waals surface area contributed by atoms with E-state index in [1.807, 2.05) is 0 Å². The number of nitrogens with zero attached hydrogens (tertiary/aromatic N) is 1. The molecule has 0 radical (unpaired) electrons. The Morgan fingerprint density at radius 2 is 1.50 bits per heavy atom. The van der Waals surface area contributed by atoms with Gasteiger partial charge in [0, 0.05) is 17.8 Å². The summed E-state index contributed by atoms with van der Waals surface area (Å²) in [7, 11) is 0. The van der Waals surface area contributed by atoms with Gasteiger partial charge < -0.3 is 10.6 Å². The third kappa shape index (κ3) is 8.34. The lowest BCUT2D eigenvalue weighted by atomic mass is 10.1. The van der Waals surface area contributed by atoms with Crippen LogP contribution in [-0.2, 0) is 9.59 Å². The second-order valence-electron chi connectivity index (χ2n) is 7.65. The number of anilines is 2. The quantitative estimate of drug-likeness (QED) is 0.618. The molecular weight excluding hydrogens is 437 g/mol. The minimum Gasteiger partial charge on any atom is -0.325 e. The van der Waals surface area contributed by atoms with Gasteiger partial charge in [-0.1, -0.05) is 19.3 Å². The number of likely N-dealkylation sites (tertiary alicyclic amines) is 1. The normalized spacial score (nSPS) is 21.3. The summed E-state index contributed by atoms with van der Waals surface area (Å²) in [5.41, 5.74) is 1.14. The first-order valence-corrected chi connectivity index (χ1v) is 9.96. The van der Waals surface area contributed by atoms with E-state index in [0.717, 1.165) is 25.9 Å². The Labute approximate surface area is 188 Å². The average molecular weight is 467 g/mol. The fourth-order valence-electron chi connectivity index (χ4n) is 3.64. The lowest BCUT2D eigenvalue weighted by Gasteiger charge is -2.23. The fraction of sp³-hybridized carbons (Fsp3) is 0.600. The summed E-state index contributed by atoms with van der Waals surface area (Å²) in [6, 6.07) is 5.79. The number of hydrogen-bond donors (Lipinski definition) is 3. The molecule has 6 nitrogen and oxygen atoms in total. The Morgan fingerprint density at radius 1 is 0.967 bits per heavy atom. The zero-order valence-electron chi connectivity index (χ0n) is 16.8. The molecule has 0 saturated carbocycles. The first kappa shape index (κ1) is 26.6. The van der Waals surface area contributed by atoms with Crippen molar-refractivity contribution in [1.29, 1.82) is 0 Å². The molecule has 2 aliphatic rings. The molecule has 0 aliphatic carbocycles. The summed E-state index contributed by atoms with van der Waals surface area (Å²) < 4.78 is 26.4. The van der Waals surface area contributed by atoms with Gasteiger partial charge in [0.05, 0.1) is 19.1 Å². The summed E-state index contributed by atoms with van der Waals surface area (Å²) in [4.78, 5) is 26.5. The molecule has 2 fully saturated rings. The van der Waals surface area contributed by atoms with E-state index >= 15 is 0 Å². The van der Waals surface area contributed by atoms with Crippen LogP contribution in [0.15, 0.2) is 24.3 Å². The van der Waals surface area contributed by atoms with Crippen LogP contribution in [0.25, 0.3) is 0 Å². The summed E-state index contributed by atoms with van der Waals surface area (Å²) in [6.45, 7) is 1.80. The van der Waals surface area contributed by atoms with Gasteiger partial charge in [0.2, 0.25) is 11.8 Å². The molecule has 30 heavy (non-hydrogen) atoms. The molecule has 0 spiro atoms. The molecule has 2 heterocycles. The maximum atomic E-state index is 13.2. The van der Waals surface area contributed by atoms with E-state index in [-0.39, 0.29) is 30.7 Å². The number of nitrogens with one attached hydrogen (secondary N) is 3. The van der Waals surface area contributed by atoms with Crippen molar-refractivity contribution in [3.05, 3.63) is 24.3 Å². The molecule has 0 bridgehead atoms. The van der Waals surface area contributed by atoms with Gasteiger partial charge in [-0.3, -0.25) is 19.8 Å². The highest BCUT2D eigenvalue weighted by molar-refractivity contribution is 5.96. The van der Waals surface area contributed by atoms with Gasteiger partial charge in [0.1, 0.15) is 0 Å². The second kappa shape index (κ2) is 12.4. The van der Waals surface area contributed by atoms with Crippen LogP contribution in [0, 0.1) is 0 Å². The highest BCUT2D eigenvalue weighted by Crippen LogP contribution is 2.26. The van der Waals surface area contributed by atoms with Crippen LogP contribution in [0.3, 0.4) is 0 Å². The first-order chi connectivity index (χ1) is 13.4. The second-order valence-corrected chi connectivity index (χ2v) is 7.65. The minimum atomic E-state index is -2.84. The molecule has 2 amide bonds. The Hall–Kier alpha value is -1.48. The SMILES string of the molecule is Cl.Cl.O=C(CN1CCCCCCC1)Nc1ccc(NC(=O)C2CC(F)(F)CN2)cc1. The Kier molecular flexibility index (Phi) is 11.0. The molecule has 1 aromatic carbocycles. The number of rotatable bonds is 5. The van der Waals surface area contributed by atoms with Gasteiger partial charge >= 0.3 is 0 Å². The first-order valence-electron chi connectivity index (χ1n) is 9.96. The van der Waals surface area contributed by atoms with Crippen LogP contribution in [-0.4, -0.2) is 54.9 Å². The molecule has 3 N–H and O–H groups in total. The van der Waals surface area contributed by atoms with Gasteiger partial charge in [-0.05, 0) is 50.2 Å². The highest BCUT2D eigenvalue weighted by Gasteiger charge is 2.42. The zero-order valence-corrected chi connectivity index (χ0v) is 18.4. The van der Waals surface area contributed by atoms with Crippen LogP contribution in [0.4, 0.5) is 20.2 Å². The van der Waals surface area contributed by atoms with E-state index in [9.17, 15) is 18.4 Å². The van der Waals surface area contributed by atoms with Crippen molar-refractivity contribution in [1.82, 2.24) is 10.2 Å². The average Bonchev–Trinajstić information content (AvgIpc) is 2.99. The zero-order chi connectivity index (χ0) is 20.0. The Bertz CT molecular complexity index is 684. The summed E-state index contributed by atoms with van der Waals surface area (Å²) in [5.74, 6) is -3.39. The van der Waals surface area contributed by atoms with Gasteiger partial charge in [-0.2, -0.15) is 0 Å². The van der Waals surface area contributed by atoms with E-state index in [1.54, 1.807) is 24.3 Å². The molecule has 170 valence electrons. The highest BCUT2D eigenvalue weighted by atomic mass is 35.5. The third-order valence-corrected chi connectivity index (χ3v) is 5.18. The predicted octanol–water partition coefficient (Wildman–Crippen LogP) is 3.67. The molecule has 1 aromatic rings. The molecule has 1 atom stereocenters. The standard InChI is InChI=1S/C20H28F2N4O2.2ClH/c21-20(22)12-17(23-14-20)19(28)25-16-8-6-15(7-9-16)24-18(27)13-26-10-4-2-1-3-5-11-26;;/h6-9,17,23H,1-5,10-14H2,(H,24,27)(H,25,28);2*1H. The third-order valence-electron chi connectivity index (χ3n) is 5.18. The van der Waals surface area contributed by atoms with E-state index in [1.165, 1.54) is 19.3 Å². The van der Waals surface area contributed by atoms with Gasteiger partial charge in [0.25, 0.3) is 5.92 Å². The summed E-state index contributed by atoms with van der Waals surface area (Å²) in [5, 5.41) is 8.02. The van der Waals surface area contributed by atoms with Crippen molar-refractivity contribution < 1.29 is 18.4 Å². The van der Waals surface area contributed by atoms with Crippen LogP contribution in [0.5, 0.6) is 0 Å². The summed E-state index contributed by atoms with van der Waals surface area (Å²) in [6.07, 6.45) is 5.48. The number of halogens is 4. The molecule has 10 heteroatoms. The number of alkyl halides is 2. The lowest BCUT2D eigenvalue weighted by molar-refractivity contribution is -0.118. The van der Waals surface area contributed by atoms with Crippen LogP contribution in [0.2, 0.25) is 0 Å². The number of benzene rings is 1. The molecule has 1 unspecified atom stereocenters. The molecule has 3 rings (SSSR count). The number of carbonyl (C=O) groups excluding carboxylic acids is 2. The largest absolute Gasteiger partial charge is 0.325 e. The molecule has 0 aromatic heterocycles. The van der Waals surface area contributed by atoms with Gasteiger partial charge in [-0.25, -0.2) is 8.78 Å². The van der Waals surface area contributed by atoms with Gasteiger partial charge in [-0.15, -0.1) is 24.8 Å². The van der Waals surface area contributed by atoms with E-state index < -0.39 is 30.8 Å². The van der Waals surface area contributed by atoms with Crippen molar-refractivity contribution in [3.63, 3.8) is 0 Å². The monoisotopic (exact) mass is 466 g/mol. The smallest absolute Gasteiger partial charge is 0.262 e. The van der Waals surface area contributed by atoms with Crippen molar-refractivity contribution in [2.75, 3.05) is 36.8 Å². The fourth-order valence-corrected chi connectivity index (χ4v) is 3.64. The van der Waals surface area contributed by atoms with Crippen LogP contribution < -0.4 is 16.0 Å². The van der Waals surface area contributed by atoms with Crippen LogP contribution in [0.1, 0.15) is 38.5 Å². The maximum absolute atomic E-state index is 13.2. The van der Waals surface area contributed by atoms with Crippen molar-refractivity contribution >= 4 is 48.0 Å². The minimum absolute atomic E-state index is 0. The number of hydrogen-bond acceptors (Lipinski definition) is 4. The Balaban J connectivity index is 0.00000225. The van der Waals surface area contributed by atoms with E-state index in [4.69, 9.17) is 0 Å². The van der Waals surface area contributed by atoms with Crippen LogP contribution >= 0.6 is 24.8 Å². The molecular formula is C20H30Cl2F2N4O2. The molecule has 2 aliphatic heterocycles. The van der Waals surface area contributed by atoms with Crippen molar-refractivity contribution in [3.8, 4) is 0 Å². The van der Waals surface area contributed by atoms with E-state index in [2.05, 4.69) is 20.9 Å². The van der Waals surface area contributed by atoms with Crippen molar-refractivity contribution in [2.24, 2.45) is 0 Å². The lowest BCUT2D eigenvalue weighted by Crippen LogP contribution is -2.35. The van der Waals surface area contributed by atoms with Crippen molar-refractivity contribution in [2.45, 2.75) is 50.5 Å². The van der Waals surface area contributed by atoms with E-state index in [0.29, 0.717) is 17.9 Å². The summed E-state index contributed by atoms with van der Waals surface area (Å²) >= 11 is 0. The topological polar surface area (TPSA) is 73.5 Å². The molecule has 2 saturated heterocycles. The maximum Gasteiger partial charge on any atom is 0.262 e.